The highest BCUT2D eigenvalue weighted by Crippen LogP contribution is 1.97. The number of nitrogens with zero attached hydrogens (tertiary/aromatic N) is 1. The lowest BCUT2D eigenvalue weighted by molar-refractivity contribution is -0.114. The first-order chi connectivity index (χ1) is 5.52. The smallest absolute Gasteiger partial charge is 0.155 e. The van der Waals surface area contributed by atoms with Crippen LogP contribution in [0.15, 0.2) is 11.6 Å². The van der Waals surface area contributed by atoms with Crippen molar-refractivity contribution in [2.45, 2.75) is 26.7 Å². The van der Waals surface area contributed by atoms with Crippen molar-refractivity contribution in [3.63, 3.8) is 0 Å². The average molecular weight is 169 g/mol. The van der Waals surface area contributed by atoms with E-state index in [9.17, 15) is 4.79 Å². The summed E-state index contributed by atoms with van der Waals surface area (Å²) >= 11 is 0. The fourth-order valence-corrected chi connectivity index (χ4v) is 0.964. The van der Waals surface area contributed by atoms with Gasteiger partial charge in [-0.1, -0.05) is 5.57 Å². The van der Waals surface area contributed by atoms with E-state index in [1.807, 2.05) is 27.9 Å². The standard InChI is InChI=1S/C10H19NO/c1-9(2)8-10(12)6-5-7-11(3)4/h8H,5-7H2,1-4H3. The number of allylic oxidation sites excluding steroid dienone is 2. The van der Waals surface area contributed by atoms with E-state index in [1.165, 1.54) is 0 Å². The van der Waals surface area contributed by atoms with Gasteiger partial charge in [-0.25, -0.2) is 0 Å². The van der Waals surface area contributed by atoms with Gasteiger partial charge in [0.2, 0.25) is 0 Å². The predicted octanol–water partition coefficient (Wildman–Crippen LogP) is 1.86. The second-order valence-electron chi connectivity index (χ2n) is 3.59. The molecule has 0 heterocycles. The third kappa shape index (κ3) is 7.48. The predicted molar refractivity (Wildman–Crippen MR) is 52.2 cm³/mol. The Labute approximate surface area is 75.3 Å². The summed E-state index contributed by atoms with van der Waals surface area (Å²) in [6.07, 6.45) is 3.34. The molecule has 0 spiro atoms. The van der Waals surface area contributed by atoms with Gasteiger partial charge in [-0.3, -0.25) is 4.79 Å². The van der Waals surface area contributed by atoms with Gasteiger partial charge in [0.1, 0.15) is 0 Å². The van der Waals surface area contributed by atoms with Gasteiger partial charge in [0.05, 0.1) is 0 Å². The first-order valence-electron chi connectivity index (χ1n) is 4.35. The van der Waals surface area contributed by atoms with Crippen LogP contribution in [0.25, 0.3) is 0 Å². The third-order valence-corrected chi connectivity index (χ3v) is 1.48. The Morgan fingerprint density at radius 1 is 1.33 bits per heavy atom. The van der Waals surface area contributed by atoms with E-state index in [4.69, 9.17) is 0 Å². The van der Waals surface area contributed by atoms with E-state index in [-0.39, 0.29) is 5.78 Å². The van der Waals surface area contributed by atoms with Crippen molar-refractivity contribution in [3.05, 3.63) is 11.6 Å². The van der Waals surface area contributed by atoms with Crippen molar-refractivity contribution in [1.29, 1.82) is 0 Å². The Bertz CT molecular complexity index is 167. The van der Waals surface area contributed by atoms with Crippen molar-refractivity contribution in [2.24, 2.45) is 0 Å². The molecule has 0 fully saturated rings. The Morgan fingerprint density at radius 3 is 2.33 bits per heavy atom. The summed E-state index contributed by atoms with van der Waals surface area (Å²) in [5, 5.41) is 0. The summed E-state index contributed by atoms with van der Waals surface area (Å²) in [6.45, 7) is 4.88. The summed E-state index contributed by atoms with van der Waals surface area (Å²) in [4.78, 5) is 13.2. The topological polar surface area (TPSA) is 20.3 Å². The summed E-state index contributed by atoms with van der Waals surface area (Å²) < 4.78 is 0. The molecule has 2 nitrogen and oxygen atoms in total. The molecule has 0 bridgehead atoms. The number of hydrogen-bond acceptors (Lipinski definition) is 2. The van der Waals surface area contributed by atoms with Crippen LogP contribution in [0, 0.1) is 0 Å². The van der Waals surface area contributed by atoms with Crippen molar-refractivity contribution in [3.8, 4) is 0 Å². The average Bonchev–Trinajstić information content (AvgIpc) is 1.84. The zero-order chi connectivity index (χ0) is 9.56. The molecular weight excluding hydrogens is 150 g/mol. The summed E-state index contributed by atoms with van der Waals surface area (Å²) in [6, 6.07) is 0. The van der Waals surface area contributed by atoms with Crippen LogP contribution in [0.4, 0.5) is 0 Å². The SMILES string of the molecule is CC(C)=CC(=O)CCCN(C)C. The third-order valence-electron chi connectivity index (χ3n) is 1.48. The fraction of sp³-hybridized carbons (Fsp3) is 0.700. The van der Waals surface area contributed by atoms with Gasteiger partial charge in [0, 0.05) is 6.42 Å². The Hall–Kier alpha value is -0.630. The second kappa shape index (κ2) is 5.95. The van der Waals surface area contributed by atoms with Gasteiger partial charge in [0.15, 0.2) is 5.78 Å². The number of rotatable bonds is 5. The van der Waals surface area contributed by atoms with Crippen molar-refractivity contribution in [2.75, 3.05) is 20.6 Å². The molecule has 0 amide bonds. The van der Waals surface area contributed by atoms with Crippen LogP contribution in [-0.2, 0) is 4.79 Å². The Balaban J connectivity index is 3.52. The van der Waals surface area contributed by atoms with Crippen molar-refractivity contribution >= 4 is 5.78 Å². The van der Waals surface area contributed by atoms with Gasteiger partial charge < -0.3 is 4.90 Å². The molecule has 0 unspecified atom stereocenters. The minimum Gasteiger partial charge on any atom is -0.309 e. The first-order valence-corrected chi connectivity index (χ1v) is 4.35. The summed E-state index contributed by atoms with van der Waals surface area (Å²) in [5.74, 6) is 0.247. The molecule has 0 aromatic heterocycles. The molecule has 2 heteroatoms. The van der Waals surface area contributed by atoms with E-state index in [1.54, 1.807) is 6.08 Å². The minimum absolute atomic E-state index is 0.247. The second-order valence-corrected chi connectivity index (χ2v) is 3.59. The maximum Gasteiger partial charge on any atom is 0.155 e. The van der Waals surface area contributed by atoms with Gasteiger partial charge in [-0.2, -0.15) is 0 Å². The highest BCUT2D eigenvalue weighted by Gasteiger charge is 1.97. The van der Waals surface area contributed by atoms with Crippen LogP contribution in [0.5, 0.6) is 0 Å². The molecule has 70 valence electrons. The molecule has 0 saturated heterocycles. The molecule has 12 heavy (non-hydrogen) atoms. The Morgan fingerprint density at radius 2 is 1.92 bits per heavy atom. The van der Waals surface area contributed by atoms with Crippen LogP contribution >= 0.6 is 0 Å². The molecule has 0 saturated carbocycles. The number of carbonyl (C=O) groups is 1. The molecule has 0 aliphatic heterocycles. The van der Waals surface area contributed by atoms with Gasteiger partial charge in [-0.15, -0.1) is 0 Å². The van der Waals surface area contributed by atoms with Crippen LogP contribution in [0.3, 0.4) is 0 Å². The summed E-state index contributed by atoms with van der Waals surface area (Å²) in [7, 11) is 4.04. The van der Waals surface area contributed by atoms with Crippen molar-refractivity contribution in [1.82, 2.24) is 4.90 Å². The van der Waals surface area contributed by atoms with Gasteiger partial charge in [0.25, 0.3) is 0 Å². The van der Waals surface area contributed by atoms with Gasteiger partial charge in [-0.05, 0) is 47.0 Å². The molecule has 0 rings (SSSR count). The maximum atomic E-state index is 11.1. The van der Waals surface area contributed by atoms with Crippen LogP contribution in [0.1, 0.15) is 26.7 Å². The van der Waals surface area contributed by atoms with Crippen LogP contribution < -0.4 is 0 Å². The molecule has 0 aliphatic rings. The quantitative estimate of drug-likeness (QED) is 0.585. The van der Waals surface area contributed by atoms with E-state index in [0.717, 1.165) is 18.5 Å². The molecule has 0 radical (unpaired) electrons. The molecule has 0 atom stereocenters. The monoisotopic (exact) mass is 169 g/mol. The molecule has 0 aromatic rings. The minimum atomic E-state index is 0.247. The zero-order valence-corrected chi connectivity index (χ0v) is 8.55. The molecular formula is C10H19NO. The molecule has 0 N–H and O–H groups in total. The highest BCUT2D eigenvalue weighted by molar-refractivity contribution is 5.90. The lowest BCUT2D eigenvalue weighted by Gasteiger charge is -2.07. The lowest BCUT2D eigenvalue weighted by Crippen LogP contribution is -2.13. The number of hydrogen-bond donors (Lipinski definition) is 0. The van der Waals surface area contributed by atoms with E-state index >= 15 is 0 Å². The van der Waals surface area contributed by atoms with E-state index in [2.05, 4.69) is 4.90 Å². The first kappa shape index (κ1) is 11.4. The largest absolute Gasteiger partial charge is 0.309 e. The highest BCUT2D eigenvalue weighted by atomic mass is 16.1. The normalized spacial score (nSPS) is 10.1. The maximum absolute atomic E-state index is 11.1. The summed E-state index contributed by atoms with van der Waals surface area (Å²) in [5.41, 5.74) is 1.09. The number of ketones is 1. The molecule has 0 aliphatic carbocycles. The zero-order valence-electron chi connectivity index (χ0n) is 8.55. The Kier molecular flexibility index (Phi) is 5.64. The molecule has 0 aromatic carbocycles. The van der Waals surface area contributed by atoms with Crippen LogP contribution in [0.2, 0.25) is 0 Å². The lowest BCUT2D eigenvalue weighted by atomic mass is 10.1. The van der Waals surface area contributed by atoms with E-state index in [0.29, 0.717) is 6.42 Å². The number of carbonyl (C=O) groups excluding carboxylic acids is 1. The van der Waals surface area contributed by atoms with E-state index < -0.39 is 0 Å². The van der Waals surface area contributed by atoms with Crippen LogP contribution in [-0.4, -0.2) is 31.3 Å². The van der Waals surface area contributed by atoms with Gasteiger partial charge >= 0.3 is 0 Å². The van der Waals surface area contributed by atoms with Crippen molar-refractivity contribution < 1.29 is 4.79 Å². The fourth-order valence-electron chi connectivity index (χ4n) is 0.964.